The minimum atomic E-state index is 0.0103. The molecule has 2 heterocycles. The quantitative estimate of drug-likeness (QED) is 0.637. The van der Waals surface area contributed by atoms with Gasteiger partial charge in [-0.05, 0) is 32.1 Å². The standard InChI is InChI=1S/C13H24N6O/c1-8(2)20-13-16-11(18-14)15-12(17-13)19-6-5-9(3)10(4)7-19/h8-10H,5-7,14H2,1-4H3,(H,15,16,17,18). The molecule has 7 heteroatoms. The highest BCUT2D eigenvalue weighted by atomic mass is 16.5. The first-order valence-electron chi connectivity index (χ1n) is 7.14. The van der Waals surface area contributed by atoms with Crippen molar-refractivity contribution in [1.29, 1.82) is 0 Å². The number of nitrogen functional groups attached to an aromatic ring is 1. The molecule has 0 radical (unpaired) electrons. The van der Waals surface area contributed by atoms with Crippen LogP contribution in [-0.2, 0) is 0 Å². The van der Waals surface area contributed by atoms with Crippen LogP contribution >= 0.6 is 0 Å². The fourth-order valence-corrected chi connectivity index (χ4v) is 2.26. The third-order valence-corrected chi connectivity index (χ3v) is 3.69. The minimum Gasteiger partial charge on any atom is -0.461 e. The summed E-state index contributed by atoms with van der Waals surface area (Å²) in [5, 5.41) is 0. The molecule has 0 aromatic carbocycles. The van der Waals surface area contributed by atoms with Gasteiger partial charge < -0.3 is 9.64 Å². The minimum absolute atomic E-state index is 0.0103. The van der Waals surface area contributed by atoms with Crippen molar-refractivity contribution in [2.45, 2.75) is 40.2 Å². The molecule has 1 fully saturated rings. The van der Waals surface area contributed by atoms with Crippen LogP contribution in [0.3, 0.4) is 0 Å². The molecule has 0 spiro atoms. The van der Waals surface area contributed by atoms with E-state index in [9.17, 15) is 0 Å². The zero-order valence-electron chi connectivity index (χ0n) is 12.6. The van der Waals surface area contributed by atoms with Crippen LogP contribution in [0.2, 0.25) is 0 Å². The van der Waals surface area contributed by atoms with Gasteiger partial charge in [-0.2, -0.15) is 15.0 Å². The Kier molecular flexibility index (Phi) is 4.59. The molecule has 2 atom stereocenters. The molecule has 7 nitrogen and oxygen atoms in total. The van der Waals surface area contributed by atoms with Crippen LogP contribution in [0.5, 0.6) is 6.01 Å². The van der Waals surface area contributed by atoms with Gasteiger partial charge in [0.2, 0.25) is 11.9 Å². The highest BCUT2D eigenvalue weighted by Gasteiger charge is 2.25. The average Bonchev–Trinajstić information content (AvgIpc) is 2.40. The summed E-state index contributed by atoms with van der Waals surface area (Å²) in [4.78, 5) is 15.0. The Hall–Kier alpha value is -1.63. The van der Waals surface area contributed by atoms with E-state index in [1.54, 1.807) is 0 Å². The number of hydrogen-bond acceptors (Lipinski definition) is 7. The van der Waals surface area contributed by atoms with E-state index in [0.717, 1.165) is 25.4 Å². The van der Waals surface area contributed by atoms with E-state index < -0.39 is 0 Å². The Labute approximate surface area is 119 Å². The van der Waals surface area contributed by atoms with Crippen molar-refractivity contribution in [3.8, 4) is 6.01 Å². The average molecular weight is 280 g/mol. The van der Waals surface area contributed by atoms with Crippen molar-refractivity contribution in [1.82, 2.24) is 15.0 Å². The summed E-state index contributed by atoms with van der Waals surface area (Å²) in [6.45, 7) is 10.3. The normalized spacial score (nSPS) is 23.0. The van der Waals surface area contributed by atoms with Crippen molar-refractivity contribution in [3.63, 3.8) is 0 Å². The first-order chi connectivity index (χ1) is 9.49. The van der Waals surface area contributed by atoms with Gasteiger partial charge >= 0.3 is 6.01 Å². The largest absolute Gasteiger partial charge is 0.461 e. The number of nitrogens with two attached hydrogens (primary N) is 1. The van der Waals surface area contributed by atoms with Crippen molar-refractivity contribution < 1.29 is 4.74 Å². The Balaban J connectivity index is 2.21. The van der Waals surface area contributed by atoms with Gasteiger partial charge in [0.25, 0.3) is 0 Å². The van der Waals surface area contributed by atoms with Crippen LogP contribution in [-0.4, -0.2) is 34.1 Å². The third kappa shape index (κ3) is 3.47. The highest BCUT2D eigenvalue weighted by Crippen LogP contribution is 2.26. The van der Waals surface area contributed by atoms with Gasteiger partial charge in [0.05, 0.1) is 6.10 Å². The maximum Gasteiger partial charge on any atom is 0.323 e. The fourth-order valence-electron chi connectivity index (χ4n) is 2.26. The molecule has 3 N–H and O–H groups in total. The van der Waals surface area contributed by atoms with E-state index in [1.807, 2.05) is 13.8 Å². The zero-order chi connectivity index (χ0) is 14.7. The monoisotopic (exact) mass is 280 g/mol. The first kappa shape index (κ1) is 14.8. The Morgan fingerprint density at radius 2 is 2.00 bits per heavy atom. The molecule has 1 saturated heterocycles. The summed E-state index contributed by atoms with van der Waals surface area (Å²) in [7, 11) is 0. The summed E-state index contributed by atoms with van der Waals surface area (Å²) in [6, 6.07) is 0.309. The molecule has 2 rings (SSSR count). The second-order valence-electron chi connectivity index (χ2n) is 5.74. The molecule has 1 aromatic rings. The molecular formula is C13H24N6O. The maximum atomic E-state index is 5.55. The summed E-state index contributed by atoms with van der Waals surface area (Å²) < 4.78 is 5.55. The lowest BCUT2D eigenvalue weighted by Crippen LogP contribution is -2.39. The molecule has 0 bridgehead atoms. The number of ether oxygens (including phenoxy) is 1. The van der Waals surface area contributed by atoms with Crippen molar-refractivity contribution >= 4 is 11.9 Å². The van der Waals surface area contributed by atoms with E-state index in [1.165, 1.54) is 0 Å². The number of nitrogens with zero attached hydrogens (tertiary/aromatic N) is 4. The lowest BCUT2D eigenvalue weighted by Gasteiger charge is -2.35. The lowest BCUT2D eigenvalue weighted by atomic mass is 9.89. The molecule has 0 saturated carbocycles. The number of hydrazine groups is 1. The summed E-state index contributed by atoms with van der Waals surface area (Å²) in [5.74, 6) is 7.72. The second-order valence-corrected chi connectivity index (χ2v) is 5.74. The van der Waals surface area contributed by atoms with Gasteiger partial charge in [-0.1, -0.05) is 13.8 Å². The maximum absolute atomic E-state index is 5.55. The molecular weight excluding hydrogens is 256 g/mol. The molecule has 2 unspecified atom stereocenters. The van der Waals surface area contributed by atoms with Crippen molar-refractivity contribution in [2.24, 2.45) is 17.7 Å². The number of piperidine rings is 1. The molecule has 1 aromatic heterocycles. The van der Waals surface area contributed by atoms with Crippen molar-refractivity contribution in [2.75, 3.05) is 23.4 Å². The molecule has 0 aliphatic carbocycles. The zero-order valence-corrected chi connectivity index (χ0v) is 12.6. The van der Waals surface area contributed by atoms with Crippen LogP contribution in [0.25, 0.3) is 0 Å². The Morgan fingerprint density at radius 1 is 1.25 bits per heavy atom. The van der Waals surface area contributed by atoms with E-state index in [2.05, 4.69) is 39.1 Å². The van der Waals surface area contributed by atoms with E-state index in [0.29, 0.717) is 23.8 Å². The number of aromatic nitrogens is 3. The van der Waals surface area contributed by atoms with Gasteiger partial charge in [0.15, 0.2) is 0 Å². The third-order valence-electron chi connectivity index (χ3n) is 3.69. The predicted octanol–water partition coefficient (Wildman–Crippen LogP) is 1.43. The van der Waals surface area contributed by atoms with Gasteiger partial charge in [-0.15, -0.1) is 0 Å². The lowest BCUT2D eigenvalue weighted by molar-refractivity contribution is 0.221. The number of rotatable bonds is 4. The van der Waals surface area contributed by atoms with Crippen LogP contribution in [0.1, 0.15) is 34.1 Å². The van der Waals surface area contributed by atoms with Crippen LogP contribution in [0, 0.1) is 11.8 Å². The van der Waals surface area contributed by atoms with Crippen LogP contribution < -0.4 is 20.9 Å². The van der Waals surface area contributed by atoms with E-state index >= 15 is 0 Å². The van der Waals surface area contributed by atoms with Crippen LogP contribution in [0.15, 0.2) is 0 Å². The summed E-state index contributed by atoms with van der Waals surface area (Å²) >= 11 is 0. The van der Waals surface area contributed by atoms with Crippen LogP contribution in [0.4, 0.5) is 11.9 Å². The Morgan fingerprint density at radius 3 is 2.60 bits per heavy atom. The number of nitrogens with one attached hydrogen (secondary N) is 1. The highest BCUT2D eigenvalue weighted by molar-refractivity contribution is 5.38. The smallest absolute Gasteiger partial charge is 0.323 e. The molecule has 1 aliphatic rings. The topological polar surface area (TPSA) is 89.2 Å². The number of hydrogen-bond donors (Lipinski definition) is 2. The molecule has 0 amide bonds. The first-order valence-corrected chi connectivity index (χ1v) is 7.14. The van der Waals surface area contributed by atoms with Gasteiger partial charge in [0, 0.05) is 13.1 Å². The Bertz CT molecular complexity index is 452. The fraction of sp³-hybridized carbons (Fsp3) is 0.769. The second kappa shape index (κ2) is 6.21. The summed E-state index contributed by atoms with van der Waals surface area (Å²) in [6.07, 6.45) is 1.15. The molecule has 112 valence electrons. The number of anilines is 2. The van der Waals surface area contributed by atoms with Gasteiger partial charge in [-0.25, -0.2) is 5.84 Å². The van der Waals surface area contributed by atoms with Crippen molar-refractivity contribution in [3.05, 3.63) is 0 Å². The van der Waals surface area contributed by atoms with E-state index in [4.69, 9.17) is 10.6 Å². The van der Waals surface area contributed by atoms with Gasteiger partial charge in [0.1, 0.15) is 0 Å². The SMILES string of the molecule is CC(C)Oc1nc(NN)nc(N2CCC(C)C(C)C2)n1. The molecule has 1 aliphatic heterocycles. The summed E-state index contributed by atoms with van der Waals surface area (Å²) in [5.41, 5.74) is 2.47. The van der Waals surface area contributed by atoms with E-state index in [-0.39, 0.29) is 6.10 Å². The predicted molar refractivity (Wildman–Crippen MR) is 78.6 cm³/mol. The molecule has 20 heavy (non-hydrogen) atoms. The van der Waals surface area contributed by atoms with Gasteiger partial charge in [-0.3, -0.25) is 5.43 Å².